The monoisotopic (exact) mass is 195 g/mol. The van der Waals surface area contributed by atoms with Gasteiger partial charge in [0.2, 0.25) is 0 Å². The lowest BCUT2D eigenvalue weighted by molar-refractivity contribution is 0.166. The molecule has 1 heterocycles. The van der Waals surface area contributed by atoms with Gasteiger partial charge in [-0.25, -0.2) is 4.98 Å². The molecule has 0 aromatic carbocycles. The number of nitrogens with zero attached hydrogens (tertiary/aromatic N) is 1. The summed E-state index contributed by atoms with van der Waals surface area (Å²) in [6, 6.07) is 0. The van der Waals surface area contributed by atoms with Crippen molar-refractivity contribution in [1.29, 1.82) is 0 Å². The van der Waals surface area contributed by atoms with E-state index in [0.717, 1.165) is 10.7 Å². The third kappa shape index (κ3) is 3.58. The molecular formula is C10H13NOS. The average Bonchev–Trinajstić information content (AvgIpc) is 2.48. The Labute approximate surface area is 82.6 Å². The van der Waals surface area contributed by atoms with Crippen LogP contribution in [0.15, 0.2) is 5.38 Å². The van der Waals surface area contributed by atoms with Gasteiger partial charge in [-0.05, 0) is 13.3 Å². The Bertz CT molecular complexity index is 300. The number of aliphatic hydroxyl groups excluding tert-OH is 1. The molecular weight excluding hydrogens is 182 g/mol. The molecule has 1 atom stereocenters. The molecule has 1 unspecified atom stereocenters. The summed E-state index contributed by atoms with van der Waals surface area (Å²) >= 11 is 1.59. The highest BCUT2D eigenvalue weighted by atomic mass is 32.1. The van der Waals surface area contributed by atoms with Gasteiger partial charge in [-0.2, -0.15) is 0 Å². The first kappa shape index (κ1) is 10.2. The van der Waals surface area contributed by atoms with Crippen molar-refractivity contribution in [3.8, 4) is 12.3 Å². The molecule has 1 aromatic heterocycles. The summed E-state index contributed by atoms with van der Waals surface area (Å²) in [5, 5.41) is 12.5. The highest BCUT2D eigenvalue weighted by Gasteiger charge is 2.07. The fourth-order valence-corrected chi connectivity index (χ4v) is 1.89. The van der Waals surface area contributed by atoms with Gasteiger partial charge < -0.3 is 5.11 Å². The lowest BCUT2D eigenvalue weighted by Crippen LogP contribution is -2.09. The van der Waals surface area contributed by atoms with E-state index < -0.39 is 0 Å². The molecule has 70 valence electrons. The lowest BCUT2D eigenvalue weighted by Gasteiger charge is -2.04. The zero-order chi connectivity index (χ0) is 9.68. The largest absolute Gasteiger partial charge is 0.393 e. The van der Waals surface area contributed by atoms with Crippen LogP contribution in [0, 0.1) is 19.3 Å². The van der Waals surface area contributed by atoms with Crippen LogP contribution in [-0.2, 0) is 6.42 Å². The Balaban J connectivity index is 2.37. The Kier molecular flexibility index (Phi) is 3.94. The molecule has 0 saturated carbocycles. The molecule has 0 amide bonds. The predicted octanol–water partition coefficient (Wildman–Crippen LogP) is 1.77. The van der Waals surface area contributed by atoms with Crippen molar-refractivity contribution in [2.45, 2.75) is 32.3 Å². The molecule has 1 aromatic rings. The van der Waals surface area contributed by atoms with Crippen LogP contribution in [0.4, 0.5) is 0 Å². The number of hydrogen-bond donors (Lipinski definition) is 1. The molecule has 1 N–H and O–H groups in total. The van der Waals surface area contributed by atoms with Crippen LogP contribution < -0.4 is 0 Å². The maximum Gasteiger partial charge on any atom is 0.0953 e. The summed E-state index contributed by atoms with van der Waals surface area (Å²) in [6.07, 6.45) is 6.67. The summed E-state index contributed by atoms with van der Waals surface area (Å²) in [6.45, 7) is 1.95. The molecule has 0 aliphatic heterocycles. The van der Waals surface area contributed by atoms with Gasteiger partial charge in [-0.3, -0.25) is 0 Å². The molecule has 1 rings (SSSR count). The molecule has 0 radical (unpaired) electrons. The number of hydrogen-bond acceptors (Lipinski definition) is 3. The smallest absolute Gasteiger partial charge is 0.0953 e. The van der Waals surface area contributed by atoms with Gasteiger partial charge in [0.15, 0.2) is 0 Å². The zero-order valence-electron chi connectivity index (χ0n) is 7.66. The van der Waals surface area contributed by atoms with Gasteiger partial charge in [0.25, 0.3) is 0 Å². The summed E-state index contributed by atoms with van der Waals surface area (Å²) in [5.74, 6) is 2.51. The molecule has 2 nitrogen and oxygen atoms in total. The number of rotatable bonds is 4. The van der Waals surface area contributed by atoms with Gasteiger partial charge in [-0.15, -0.1) is 23.7 Å². The van der Waals surface area contributed by atoms with Crippen molar-refractivity contribution in [1.82, 2.24) is 4.98 Å². The van der Waals surface area contributed by atoms with Gasteiger partial charge in [0.05, 0.1) is 11.1 Å². The highest BCUT2D eigenvalue weighted by Crippen LogP contribution is 2.12. The maximum atomic E-state index is 9.51. The lowest BCUT2D eigenvalue weighted by atomic mass is 10.1. The van der Waals surface area contributed by atoms with Crippen molar-refractivity contribution < 1.29 is 5.11 Å². The fraction of sp³-hybridized carbons (Fsp3) is 0.500. The number of terminal acetylenes is 1. The molecule has 0 bridgehead atoms. The summed E-state index contributed by atoms with van der Waals surface area (Å²) in [5.41, 5.74) is 1.02. The van der Waals surface area contributed by atoms with Crippen molar-refractivity contribution in [2.75, 3.05) is 0 Å². The quantitative estimate of drug-likeness (QED) is 0.743. The predicted molar refractivity (Wildman–Crippen MR) is 54.6 cm³/mol. The van der Waals surface area contributed by atoms with Crippen LogP contribution in [-0.4, -0.2) is 16.2 Å². The minimum atomic E-state index is -0.346. The third-order valence-electron chi connectivity index (χ3n) is 1.70. The molecule has 0 aliphatic rings. The molecule has 3 heteroatoms. The van der Waals surface area contributed by atoms with Crippen molar-refractivity contribution >= 4 is 11.3 Å². The first-order valence-electron chi connectivity index (χ1n) is 4.25. The Hall–Kier alpha value is -0.850. The minimum absolute atomic E-state index is 0.346. The first-order chi connectivity index (χ1) is 6.22. The van der Waals surface area contributed by atoms with Crippen molar-refractivity contribution in [3.05, 3.63) is 16.1 Å². The number of aryl methyl sites for hydroxylation is 1. The molecule has 0 fully saturated rings. The summed E-state index contributed by atoms with van der Waals surface area (Å²) < 4.78 is 0. The number of aromatic nitrogens is 1. The van der Waals surface area contributed by atoms with E-state index in [1.165, 1.54) is 0 Å². The van der Waals surface area contributed by atoms with Crippen LogP contribution >= 0.6 is 11.3 Å². The van der Waals surface area contributed by atoms with Gasteiger partial charge in [-0.1, -0.05) is 0 Å². The van der Waals surface area contributed by atoms with E-state index in [1.807, 2.05) is 12.3 Å². The minimum Gasteiger partial charge on any atom is -0.393 e. The molecule has 13 heavy (non-hydrogen) atoms. The van der Waals surface area contributed by atoms with E-state index >= 15 is 0 Å². The number of aliphatic hydroxyl groups is 1. The zero-order valence-corrected chi connectivity index (χ0v) is 8.47. The average molecular weight is 195 g/mol. The molecule has 0 aliphatic carbocycles. The number of thiazole rings is 1. The molecule has 0 saturated heterocycles. The maximum absolute atomic E-state index is 9.51. The van der Waals surface area contributed by atoms with Crippen LogP contribution in [0.25, 0.3) is 0 Å². The highest BCUT2D eigenvalue weighted by molar-refractivity contribution is 7.09. The Morgan fingerprint density at radius 2 is 2.54 bits per heavy atom. The topological polar surface area (TPSA) is 33.1 Å². The van der Waals surface area contributed by atoms with Crippen molar-refractivity contribution in [2.24, 2.45) is 0 Å². The second kappa shape index (κ2) is 5.00. The Morgan fingerprint density at radius 3 is 3.08 bits per heavy atom. The van der Waals surface area contributed by atoms with E-state index in [9.17, 15) is 5.11 Å². The van der Waals surface area contributed by atoms with Crippen LogP contribution in [0.2, 0.25) is 0 Å². The normalized spacial score (nSPS) is 12.4. The third-order valence-corrected chi connectivity index (χ3v) is 2.69. The van der Waals surface area contributed by atoms with Crippen LogP contribution in [0.5, 0.6) is 0 Å². The van der Waals surface area contributed by atoms with Gasteiger partial charge >= 0.3 is 0 Å². The Morgan fingerprint density at radius 1 is 1.77 bits per heavy atom. The SMILES string of the molecule is C#CCCC(O)Cc1nc(C)cs1. The second-order valence-corrected chi connectivity index (χ2v) is 3.93. The molecule has 0 spiro atoms. The first-order valence-corrected chi connectivity index (χ1v) is 5.13. The van der Waals surface area contributed by atoms with Crippen LogP contribution in [0.1, 0.15) is 23.5 Å². The van der Waals surface area contributed by atoms with E-state index in [4.69, 9.17) is 6.42 Å². The van der Waals surface area contributed by atoms with Crippen LogP contribution in [0.3, 0.4) is 0 Å². The summed E-state index contributed by atoms with van der Waals surface area (Å²) in [4.78, 5) is 4.27. The summed E-state index contributed by atoms with van der Waals surface area (Å²) in [7, 11) is 0. The second-order valence-electron chi connectivity index (χ2n) is 2.98. The van der Waals surface area contributed by atoms with E-state index in [0.29, 0.717) is 19.3 Å². The van der Waals surface area contributed by atoms with E-state index in [1.54, 1.807) is 11.3 Å². The standard InChI is InChI=1S/C10H13NOS/c1-3-4-5-9(12)6-10-11-8(2)7-13-10/h1,7,9,12H,4-6H2,2H3. The van der Waals surface area contributed by atoms with Crippen molar-refractivity contribution in [3.63, 3.8) is 0 Å². The van der Waals surface area contributed by atoms with E-state index in [2.05, 4.69) is 10.9 Å². The fourth-order valence-electron chi connectivity index (χ4n) is 1.05. The van der Waals surface area contributed by atoms with E-state index in [-0.39, 0.29) is 6.10 Å². The van der Waals surface area contributed by atoms with Gasteiger partial charge in [0.1, 0.15) is 0 Å². The van der Waals surface area contributed by atoms with Gasteiger partial charge in [0, 0.05) is 23.9 Å².